The van der Waals surface area contributed by atoms with Crippen LogP contribution in [0, 0.1) is 0 Å². The van der Waals surface area contributed by atoms with Gasteiger partial charge in [-0.3, -0.25) is 4.79 Å². The summed E-state index contributed by atoms with van der Waals surface area (Å²) in [5.74, 6) is 0.318. The van der Waals surface area contributed by atoms with Crippen molar-refractivity contribution >= 4 is 54.1 Å². The fourth-order valence-corrected chi connectivity index (χ4v) is 5.68. The summed E-state index contributed by atoms with van der Waals surface area (Å²) in [5.41, 5.74) is 2.79. The molecule has 0 fully saturated rings. The lowest BCUT2D eigenvalue weighted by Crippen LogP contribution is -2.38. The molecule has 0 spiro atoms. The minimum absolute atomic E-state index is 0.0209. The number of carbonyl (C=O) groups is 1. The minimum Gasteiger partial charge on any atom is -0.503 e. The Morgan fingerprint density at radius 1 is 1.24 bits per heavy atom. The fourth-order valence-electron chi connectivity index (χ4n) is 3.41. The molecule has 1 unspecified atom stereocenters. The van der Waals surface area contributed by atoms with Crippen molar-refractivity contribution in [3.05, 3.63) is 36.6 Å². The van der Waals surface area contributed by atoms with Gasteiger partial charge in [0.25, 0.3) is 5.91 Å². The number of nitrogens with one attached hydrogen (secondary N) is 2. The Morgan fingerprint density at radius 3 is 2.76 bits per heavy atom. The highest BCUT2D eigenvalue weighted by molar-refractivity contribution is 9.13. The number of rotatable bonds is 2. The van der Waals surface area contributed by atoms with Gasteiger partial charge in [0.15, 0.2) is 11.5 Å². The van der Waals surface area contributed by atoms with E-state index in [1.165, 1.54) is 24.0 Å². The molecule has 4 rings (SSSR count). The van der Waals surface area contributed by atoms with Crippen molar-refractivity contribution < 1.29 is 14.6 Å². The van der Waals surface area contributed by atoms with Gasteiger partial charge >= 0.3 is 0 Å². The molecule has 1 amide bonds. The molecule has 1 atom stereocenters. The Morgan fingerprint density at radius 2 is 2.00 bits per heavy atom. The molecule has 0 bridgehead atoms. The lowest BCUT2D eigenvalue weighted by Gasteiger charge is -2.28. The van der Waals surface area contributed by atoms with Crippen LogP contribution in [0.2, 0.25) is 0 Å². The zero-order valence-electron chi connectivity index (χ0n) is 13.4. The van der Waals surface area contributed by atoms with Gasteiger partial charge in [0.05, 0.1) is 17.1 Å². The van der Waals surface area contributed by atoms with Crippen molar-refractivity contribution in [1.82, 2.24) is 5.32 Å². The second-order valence-electron chi connectivity index (χ2n) is 6.11. The largest absolute Gasteiger partial charge is 0.503 e. The number of phenolic OH excluding ortho intramolecular Hbond substituents is 1. The van der Waals surface area contributed by atoms with Gasteiger partial charge in [0, 0.05) is 14.9 Å². The van der Waals surface area contributed by atoms with Crippen LogP contribution < -0.4 is 15.4 Å². The van der Waals surface area contributed by atoms with Crippen molar-refractivity contribution in [2.24, 2.45) is 0 Å². The van der Waals surface area contributed by atoms with E-state index in [9.17, 15) is 9.90 Å². The molecule has 1 aliphatic carbocycles. The molecule has 132 valence electrons. The first-order chi connectivity index (χ1) is 12.0. The molecular formula is C17H16Br2N2O3S. The maximum Gasteiger partial charge on any atom is 0.256 e. The van der Waals surface area contributed by atoms with E-state index in [1.54, 1.807) is 17.4 Å². The van der Waals surface area contributed by atoms with Crippen LogP contribution in [0.15, 0.2) is 15.0 Å². The van der Waals surface area contributed by atoms with E-state index >= 15 is 0 Å². The number of carbonyl (C=O) groups excluding carboxylic acids is 1. The lowest BCUT2D eigenvalue weighted by atomic mass is 9.94. The predicted octanol–water partition coefficient (Wildman–Crippen LogP) is 4.72. The molecule has 2 aromatic rings. The van der Waals surface area contributed by atoms with Gasteiger partial charge in [-0.1, -0.05) is 0 Å². The number of ether oxygens (including phenoxy) is 1. The third kappa shape index (κ3) is 2.74. The number of hydrogen-bond donors (Lipinski definition) is 3. The number of anilines is 1. The number of amides is 1. The topological polar surface area (TPSA) is 70.6 Å². The van der Waals surface area contributed by atoms with Crippen molar-refractivity contribution in [2.45, 2.75) is 31.8 Å². The number of methoxy groups -OCH3 is 1. The number of benzene rings is 1. The summed E-state index contributed by atoms with van der Waals surface area (Å²) in [5, 5.41) is 17.5. The van der Waals surface area contributed by atoms with Crippen LogP contribution >= 0.6 is 43.2 Å². The van der Waals surface area contributed by atoms with Crippen molar-refractivity contribution in [1.29, 1.82) is 0 Å². The monoisotopic (exact) mass is 486 g/mol. The standard InChI is InChI=1S/C17H16Br2N2O3S/c1-24-9-6-8(12(18)13(19)14(9)22)15-20-16(23)11-7-4-2-3-5-10(7)25-17(11)21-15/h6,15,21-22H,2-5H2,1H3,(H,20,23). The smallest absolute Gasteiger partial charge is 0.256 e. The van der Waals surface area contributed by atoms with E-state index in [1.807, 2.05) is 0 Å². The molecule has 0 saturated carbocycles. The SMILES string of the molecule is COc1cc(C2NC(=O)c3c(sc4c3CCCC4)N2)c(Br)c(Br)c1O. The summed E-state index contributed by atoms with van der Waals surface area (Å²) in [6, 6.07) is 1.72. The zero-order valence-corrected chi connectivity index (χ0v) is 17.4. The average molecular weight is 488 g/mol. The van der Waals surface area contributed by atoms with E-state index in [4.69, 9.17) is 4.74 Å². The summed E-state index contributed by atoms with van der Waals surface area (Å²) < 4.78 is 6.41. The van der Waals surface area contributed by atoms with Crippen LogP contribution in [0.1, 0.15) is 45.4 Å². The number of phenols is 1. The summed E-state index contributed by atoms with van der Waals surface area (Å²) in [7, 11) is 1.50. The molecule has 5 nitrogen and oxygen atoms in total. The third-order valence-corrected chi connectivity index (χ3v) is 8.04. The van der Waals surface area contributed by atoms with Gasteiger partial charge in [-0.15, -0.1) is 11.3 Å². The quantitative estimate of drug-likeness (QED) is 0.573. The Balaban J connectivity index is 1.76. The van der Waals surface area contributed by atoms with E-state index in [-0.39, 0.29) is 11.7 Å². The molecule has 0 saturated heterocycles. The maximum absolute atomic E-state index is 12.8. The number of fused-ring (bicyclic) bond motifs is 3. The van der Waals surface area contributed by atoms with E-state index < -0.39 is 6.17 Å². The van der Waals surface area contributed by atoms with Gasteiger partial charge in [-0.2, -0.15) is 0 Å². The maximum atomic E-state index is 12.8. The molecule has 0 radical (unpaired) electrons. The van der Waals surface area contributed by atoms with Crippen LogP contribution in [-0.2, 0) is 12.8 Å². The molecule has 3 N–H and O–H groups in total. The van der Waals surface area contributed by atoms with Gasteiger partial charge in [0.1, 0.15) is 11.2 Å². The molecule has 1 aromatic carbocycles. The predicted molar refractivity (Wildman–Crippen MR) is 105 cm³/mol. The van der Waals surface area contributed by atoms with E-state index in [0.29, 0.717) is 14.7 Å². The summed E-state index contributed by atoms with van der Waals surface area (Å²) >= 11 is 8.55. The third-order valence-electron chi connectivity index (χ3n) is 4.65. The van der Waals surface area contributed by atoms with Crippen LogP contribution in [0.3, 0.4) is 0 Å². The van der Waals surface area contributed by atoms with Crippen molar-refractivity contribution in [3.8, 4) is 11.5 Å². The molecule has 1 aliphatic heterocycles. The molecule has 2 heterocycles. The lowest BCUT2D eigenvalue weighted by molar-refractivity contribution is 0.0935. The number of hydrogen-bond acceptors (Lipinski definition) is 5. The van der Waals surface area contributed by atoms with E-state index in [0.717, 1.165) is 35.4 Å². The molecular weight excluding hydrogens is 472 g/mol. The summed E-state index contributed by atoms with van der Waals surface area (Å²) in [6.07, 6.45) is 3.95. The fraction of sp³-hybridized carbons (Fsp3) is 0.353. The van der Waals surface area contributed by atoms with Gasteiger partial charge in [-0.05, 0) is 69.2 Å². The highest BCUT2D eigenvalue weighted by Crippen LogP contribution is 2.46. The second kappa shape index (κ2) is 6.48. The second-order valence-corrected chi connectivity index (χ2v) is 8.80. The van der Waals surface area contributed by atoms with Gasteiger partial charge in [-0.25, -0.2) is 0 Å². The molecule has 25 heavy (non-hydrogen) atoms. The summed E-state index contributed by atoms with van der Waals surface area (Å²) in [4.78, 5) is 14.1. The average Bonchev–Trinajstić information content (AvgIpc) is 2.99. The molecule has 8 heteroatoms. The highest BCUT2D eigenvalue weighted by Gasteiger charge is 2.33. The van der Waals surface area contributed by atoms with Gasteiger partial charge in [0.2, 0.25) is 0 Å². The van der Waals surface area contributed by atoms with Crippen molar-refractivity contribution in [3.63, 3.8) is 0 Å². The Kier molecular flexibility index (Phi) is 4.45. The first kappa shape index (κ1) is 17.2. The Bertz CT molecular complexity index is 882. The normalized spacial score (nSPS) is 18.8. The van der Waals surface area contributed by atoms with Crippen LogP contribution in [0.25, 0.3) is 0 Å². The van der Waals surface area contributed by atoms with Crippen LogP contribution in [0.4, 0.5) is 5.00 Å². The summed E-state index contributed by atoms with van der Waals surface area (Å²) in [6.45, 7) is 0. The van der Waals surface area contributed by atoms with Crippen LogP contribution in [0.5, 0.6) is 11.5 Å². The molecule has 2 aliphatic rings. The number of thiophene rings is 1. The Labute approximate surface area is 166 Å². The van der Waals surface area contributed by atoms with Crippen molar-refractivity contribution in [2.75, 3.05) is 12.4 Å². The van der Waals surface area contributed by atoms with E-state index in [2.05, 4.69) is 42.5 Å². The number of aryl methyl sites for hydroxylation is 1. The Hall–Kier alpha value is -1.25. The first-order valence-corrected chi connectivity index (χ1v) is 10.4. The minimum atomic E-state index is -0.403. The number of halogens is 2. The van der Waals surface area contributed by atoms with Gasteiger partial charge < -0.3 is 20.5 Å². The highest BCUT2D eigenvalue weighted by atomic mass is 79.9. The molecule has 1 aromatic heterocycles. The first-order valence-electron chi connectivity index (χ1n) is 7.98. The zero-order chi connectivity index (χ0) is 17.7. The number of aromatic hydroxyl groups is 1. The van der Waals surface area contributed by atoms with Crippen LogP contribution in [-0.4, -0.2) is 18.1 Å².